The van der Waals surface area contributed by atoms with Crippen LogP contribution in [0.15, 0.2) is 12.1 Å². The van der Waals surface area contributed by atoms with Crippen molar-refractivity contribution in [2.45, 2.75) is 0 Å². The second kappa shape index (κ2) is 8.85. The molecule has 0 amide bonds. The molecule has 0 aromatic heterocycles. The molecule has 0 aliphatic rings. The molecule has 10 heteroatoms. The SMILES string of the molecule is COC(=O)c1cc(C(=O)O)c(C(=O)O)cc1C(=O)OC.Cl.Cl. The van der Waals surface area contributed by atoms with E-state index in [-0.39, 0.29) is 35.9 Å². The maximum atomic E-state index is 11.5. The fraction of sp³-hybridized carbons (Fsp3) is 0.167. The summed E-state index contributed by atoms with van der Waals surface area (Å²) in [6.45, 7) is 0. The minimum absolute atomic E-state index is 0. The lowest BCUT2D eigenvalue weighted by Crippen LogP contribution is -2.17. The average Bonchev–Trinajstić information content (AvgIpc) is 2.43. The number of carbonyl (C=O) groups excluding carboxylic acids is 2. The molecule has 0 heterocycles. The van der Waals surface area contributed by atoms with E-state index in [0.717, 1.165) is 26.4 Å². The van der Waals surface area contributed by atoms with E-state index in [4.69, 9.17) is 10.2 Å². The highest BCUT2D eigenvalue weighted by Gasteiger charge is 2.26. The van der Waals surface area contributed by atoms with Gasteiger partial charge in [-0.1, -0.05) is 0 Å². The first-order valence-electron chi connectivity index (χ1n) is 5.14. The number of carboxylic acids is 2. The van der Waals surface area contributed by atoms with Crippen molar-refractivity contribution in [3.63, 3.8) is 0 Å². The summed E-state index contributed by atoms with van der Waals surface area (Å²) in [6.07, 6.45) is 0. The Balaban J connectivity index is 0. The molecule has 0 aliphatic carbocycles. The number of esters is 2. The van der Waals surface area contributed by atoms with Crippen LogP contribution in [0.1, 0.15) is 41.4 Å². The predicted octanol–water partition coefficient (Wildman–Crippen LogP) is 1.50. The van der Waals surface area contributed by atoms with Crippen LogP contribution in [-0.4, -0.2) is 48.3 Å². The van der Waals surface area contributed by atoms with Gasteiger partial charge >= 0.3 is 23.9 Å². The Morgan fingerprint density at radius 3 is 1.18 bits per heavy atom. The molecule has 2 N–H and O–H groups in total. The number of hydrogen-bond donors (Lipinski definition) is 2. The van der Waals surface area contributed by atoms with Gasteiger partial charge in [0.1, 0.15) is 0 Å². The number of carbonyl (C=O) groups is 4. The zero-order valence-electron chi connectivity index (χ0n) is 11.3. The molecule has 22 heavy (non-hydrogen) atoms. The summed E-state index contributed by atoms with van der Waals surface area (Å²) < 4.78 is 8.84. The van der Waals surface area contributed by atoms with Gasteiger partial charge in [-0.2, -0.15) is 0 Å². The van der Waals surface area contributed by atoms with Gasteiger partial charge in [-0.05, 0) is 12.1 Å². The molecule has 8 nitrogen and oxygen atoms in total. The number of benzene rings is 1. The van der Waals surface area contributed by atoms with Crippen LogP contribution in [0.4, 0.5) is 0 Å². The van der Waals surface area contributed by atoms with E-state index in [2.05, 4.69) is 9.47 Å². The number of methoxy groups -OCH3 is 2. The molecule has 0 spiro atoms. The third-order valence-corrected chi connectivity index (χ3v) is 2.43. The highest BCUT2D eigenvalue weighted by Crippen LogP contribution is 2.20. The van der Waals surface area contributed by atoms with E-state index >= 15 is 0 Å². The van der Waals surface area contributed by atoms with Crippen molar-refractivity contribution in [1.82, 2.24) is 0 Å². The molecule has 0 bridgehead atoms. The lowest BCUT2D eigenvalue weighted by Gasteiger charge is -2.10. The van der Waals surface area contributed by atoms with Gasteiger partial charge < -0.3 is 19.7 Å². The first-order valence-corrected chi connectivity index (χ1v) is 5.14. The van der Waals surface area contributed by atoms with Crippen molar-refractivity contribution < 1.29 is 38.9 Å². The Morgan fingerprint density at radius 2 is 1.00 bits per heavy atom. The predicted molar refractivity (Wildman–Crippen MR) is 77.5 cm³/mol. The van der Waals surface area contributed by atoms with E-state index in [0.29, 0.717) is 0 Å². The number of halogens is 2. The van der Waals surface area contributed by atoms with Crippen molar-refractivity contribution in [3.8, 4) is 0 Å². The third-order valence-electron chi connectivity index (χ3n) is 2.43. The molecule has 0 aliphatic heterocycles. The van der Waals surface area contributed by atoms with Gasteiger partial charge in [0.2, 0.25) is 0 Å². The lowest BCUT2D eigenvalue weighted by atomic mass is 9.98. The van der Waals surface area contributed by atoms with Crippen molar-refractivity contribution in [1.29, 1.82) is 0 Å². The molecule has 0 fully saturated rings. The number of aromatic carboxylic acids is 2. The summed E-state index contributed by atoms with van der Waals surface area (Å²) in [5.41, 5.74) is -2.04. The first-order chi connectivity index (χ1) is 9.33. The molecule has 1 aromatic rings. The van der Waals surface area contributed by atoms with Crippen LogP contribution in [0.5, 0.6) is 0 Å². The zero-order chi connectivity index (χ0) is 15.4. The first kappa shape index (κ1) is 22.0. The molecule has 0 radical (unpaired) electrons. The Morgan fingerprint density at radius 1 is 0.727 bits per heavy atom. The van der Waals surface area contributed by atoms with E-state index in [9.17, 15) is 19.2 Å². The molecule has 122 valence electrons. The van der Waals surface area contributed by atoms with Crippen LogP contribution >= 0.6 is 24.8 Å². The maximum Gasteiger partial charge on any atom is 0.338 e. The number of hydrogen-bond acceptors (Lipinski definition) is 6. The van der Waals surface area contributed by atoms with Gasteiger partial charge in [-0.15, -0.1) is 24.8 Å². The van der Waals surface area contributed by atoms with Crippen molar-refractivity contribution in [2.24, 2.45) is 0 Å². The van der Waals surface area contributed by atoms with Crippen molar-refractivity contribution in [3.05, 3.63) is 34.4 Å². The molecule has 0 unspecified atom stereocenters. The molecule has 1 aromatic carbocycles. The summed E-state index contributed by atoms with van der Waals surface area (Å²) in [7, 11) is 2.07. The number of ether oxygens (including phenoxy) is 2. The summed E-state index contributed by atoms with van der Waals surface area (Å²) in [5.74, 6) is -5.07. The Kier molecular flexibility index (Phi) is 8.84. The minimum Gasteiger partial charge on any atom is -0.478 e. The minimum atomic E-state index is -1.55. The Hall–Kier alpha value is -2.32. The summed E-state index contributed by atoms with van der Waals surface area (Å²) in [4.78, 5) is 45.1. The fourth-order valence-electron chi connectivity index (χ4n) is 1.51. The summed E-state index contributed by atoms with van der Waals surface area (Å²) in [6, 6.07) is 1.54. The molecular weight excluding hydrogens is 343 g/mol. The quantitative estimate of drug-likeness (QED) is 0.778. The molecule has 0 saturated heterocycles. The molecule has 0 atom stereocenters. The van der Waals surface area contributed by atoms with Gasteiger partial charge in [-0.3, -0.25) is 0 Å². The standard InChI is InChI=1S/C12H10O8.2ClH/c1-19-11(17)7-3-5(9(13)14)6(10(15)16)4-8(7)12(18)20-2;;/h3-4H,1-2H3,(H,13,14)(H,15,16);2*1H. The summed E-state index contributed by atoms with van der Waals surface area (Å²) in [5, 5.41) is 17.9. The fourth-order valence-corrected chi connectivity index (χ4v) is 1.51. The number of carboxylic acid groups (broad SMARTS) is 2. The summed E-state index contributed by atoms with van der Waals surface area (Å²) >= 11 is 0. The highest BCUT2D eigenvalue weighted by atomic mass is 35.5. The second-order valence-electron chi connectivity index (χ2n) is 3.54. The topological polar surface area (TPSA) is 127 Å². The largest absolute Gasteiger partial charge is 0.478 e. The normalized spacial score (nSPS) is 8.82. The van der Waals surface area contributed by atoms with Crippen LogP contribution in [-0.2, 0) is 9.47 Å². The van der Waals surface area contributed by atoms with Crippen LogP contribution in [0.25, 0.3) is 0 Å². The van der Waals surface area contributed by atoms with Crippen molar-refractivity contribution >= 4 is 48.7 Å². The van der Waals surface area contributed by atoms with E-state index in [1.807, 2.05) is 0 Å². The zero-order valence-corrected chi connectivity index (χ0v) is 12.9. The molecule has 0 saturated carbocycles. The van der Waals surface area contributed by atoms with Gasteiger partial charge in [0, 0.05) is 0 Å². The average molecular weight is 355 g/mol. The van der Waals surface area contributed by atoms with Gasteiger partial charge in [0.25, 0.3) is 0 Å². The molecular formula is C12H12Cl2O8. The Bertz CT molecular complexity index is 558. The van der Waals surface area contributed by atoms with E-state index < -0.39 is 35.0 Å². The van der Waals surface area contributed by atoms with Crippen molar-refractivity contribution in [2.75, 3.05) is 14.2 Å². The number of rotatable bonds is 4. The van der Waals surface area contributed by atoms with E-state index in [1.165, 1.54) is 0 Å². The lowest BCUT2D eigenvalue weighted by molar-refractivity contribution is 0.0553. The maximum absolute atomic E-state index is 11.5. The van der Waals surface area contributed by atoms with Crippen LogP contribution in [0.2, 0.25) is 0 Å². The Labute approximate surface area is 136 Å². The smallest absolute Gasteiger partial charge is 0.338 e. The monoisotopic (exact) mass is 354 g/mol. The second-order valence-corrected chi connectivity index (χ2v) is 3.54. The highest BCUT2D eigenvalue weighted by molar-refractivity contribution is 6.09. The third kappa shape index (κ3) is 4.34. The van der Waals surface area contributed by atoms with Crippen LogP contribution in [0, 0.1) is 0 Å². The van der Waals surface area contributed by atoms with Crippen LogP contribution < -0.4 is 0 Å². The van der Waals surface area contributed by atoms with Crippen LogP contribution in [0.3, 0.4) is 0 Å². The van der Waals surface area contributed by atoms with Gasteiger partial charge in [0.15, 0.2) is 0 Å². The molecule has 1 rings (SSSR count). The van der Waals surface area contributed by atoms with E-state index in [1.54, 1.807) is 0 Å². The van der Waals surface area contributed by atoms with Gasteiger partial charge in [0.05, 0.1) is 36.5 Å². The van der Waals surface area contributed by atoms with Gasteiger partial charge in [-0.25, -0.2) is 19.2 Å².